The zero-order valence-electron chi connectivity index (χ0n) is 15.1. The molecule has 2 bridgehead atoms. The fraction of sp³-hybridized carbons (Fsp3) is 0.400. The molecule has 2 aromatic heterocycles. The molecule has 2 aliphatic heterocycles. The van der Waals surface area contributed by atoms with Crippen molar-refractivity contribution in [2.45, 2.75) is 31.9 Å². The number of rotatable bonds is 5. The predicted molar refractivity (Wildman–Crippen MR) is 104 cm³/mol. The molecule has 27 heavy (non-hydrogen) atoms. The Morgan fingerprint density at radius 2 is 2.26 bits per heavy atom. The standard InChI is InChI=1S/C20H20N4O2S/c1-12-21-8-19(27-12)13-2-3-14-7-22-20(23-18(14)4-13)6-16(25)9-24-10-17-5-15(24)11-26-17/h2-4,7-8,15,17H,5-6,9-11H2,1H3/t15-,17-/m1/s1. The molecule has 0 spiro atoms. The summed E-state index contributed by atoms with van der Waals surface area (Å²) in [5, 5.41) is 2.02. The lowest BCUT2D eigenvalue weighted by molar-refractivity contribution is -0.120. The van der Waals surface area contributed by atoms with E-state index in [0.29, 0.717) is 24.5 Å². The number of carbonyl (C=O) groups is 1. The summed E-state index contributed by atoms with van der Waals surface area (Å²) in [5.74, 6) is 0.752. The highest BCUT2D eigenvalue weighted by Crippen LogP contribution is 2.29. The van der Waals surface area contributed by atoms with E-state index in [2.05, 4.69) is 32.0 Å². The van der Waals surface area contributed by atoms with Gasteiger partial charge in [-0.2, -0.15) is 0 Å². The van der Waals surface area contributed by atoms with E-state index in [1.165, 1.54) is 0 Å². The van der Waals surface area contributed by atoms with Crippen molar-refractivity contribution in [1.82, 2.24) is 19.9 Å². The molecule has 1 aromatic carbocycles. The van der Waals surface area contributed by atoms with Crippen molar-refractivity contribution in [1.29, 1.82) is 0 Å². The van der Waals surface area contributed by atoms with E-state index in [4.69, 9.17) is 4.74 Å². The second-order valence-electron chi connectivity index (χ2n) is 7.29. The van der Waals surface area contributed by atoms with Crippen molar-refractivity contribution in [3.63, 3.8) is 0 Å². The SMILES string of the molecule is Cc1ncc(-c2ccc3cnc(CC(=O)CN4C[C@H]5C[C@@H]4CO5)nc3c2)s1. The van der Waals surface area contributed by atoms with E-state index >= 15 is 0 Å². The number of carbonyl (C=O) groups excluding carboxylic acids is 1. The number of thiazole rings is 1. The lowest BCUT2D eigenvalue weighted by atomic mass is 10.1. The van der Waals surface area contributed by atoms with Crippen molar-refractivity contribution in [3.05, 3.63) is 41.4 Å². The molecule has 4 heterocycles. The molecule has 0 N–H and O–H groups in total. The molecule has 0 radical (unpaired) electrons. The van der Waals surface area contributed by atoms with Gasteiger partial charge in [0.15, 0.2) is 5.78 Å². The number of benzene rings is 1. The van der Waals surface area contributed by atoms with Crippen molar-refractivity contribution in [2.75, 3.05) is 19.7 Å². The van der Waals surface area contributed by atoms with Crippen LogP contribution in [-0.2, 0) is 16.0 Å². The average molecular weight is 380 g/mol. The van der Waals surface area contributed by atoms with E-state index in [1.807, 2.05) is 19.2 Å². The van der Waals surface area contributed by atoms with Crippen LogP contribution in [0.2, 0.25) is 0 Å². The Kier molecular flexibility index (Phi) is 4.22. The van der Waals surface area contributed by atoms with Gasteiger partial charge in [0, 0.05) is 30.4 Å². The molecule has 3 aromatic rings. The first-order valence-electron chi connectivity index (χ1n) is 9.20. The second kappa shape index (κ2) is 6.74. The first-order chi connectivity index (χ1) is 13.1. The number of ether oxygens (including phenoxy) is 1. The summed E-state index contributed by atoms with van der Waals surface area (Å²) in [6.45, 7) is 4.09. The number of fused-ring (bicyclic) bond motifs is 3. The monoisotopic (exact) mass is 380 g/mol. The van der Waals surface area contributed by atoms with E-state index in [9.17, 15) is 4.79 Å². The summed E-state index contributed by atoms with van der Waals surface area (Å²) < 4.78 is 5.60. The number of aryl methyl sites for hydroxylation is 1. The maximum atomic E-state index is 12.5. The Labute approximate surface area is 161 Å². The first kappa shape index (κ1) is 16.9. The number of morpholine rings is 1. The molecular weight excluding hydrogens is 360 g/mol. The van der Waals surface area contributed by atoms with Crippen LogP contribution in [0.3, 0.4) is 0 Å². The Bertz CT molecular complexity index is 1020. The zero-order valence-corrected chi connectivity index (χ0v) is 15.9. The van der Waals surface area contributed by atoms with Gasteiger partial charge in [-0.3, -0.25) is 9.69 Å². The maximum Gasteiger partial charge on any atom is 0.154 e. The van der Waals surface area contributed by atoms with E-state index in [1.54, 1.807) is 17.5 Å². The second-order valence-corrected chi connectivity index (χ2v) is 8.53. The summed E-state index contributed by atoms with van der Waals surface area (Å²) in [6.07, 6.45) is 5.33. The quantitative estimate of drug-likeness (QED) is 0.678. The van der Waals surface area contributed by atoms with Crippen LogP contribution < -0.4 is 0 Å². The molecule has 138 valence electrons. The van der Waals surface area contributed by atoms with E-state index in [0.717, 1.165) is 45.9 Å². The number of likely N-dealkylation sites (tertiary alicyclic amines) is 1. The van der Waals surface area contributed by atoms with Crippen LogP contribution in [0.15, 0.2) is 30.6 Å². The lowest BCUT2D eigenvalue weighted by Gasteiger charge is -2.25. The van der Waals surface area contributed by atoms with Crippen molar-refractivity contribution in [2.24, 2.45) is 0 Å². The third-order valence-corrected chi connectivity index (χ3v) is 6.25. The van der Waals surface area contributed by atoms with Gasteiger partial charge < -0.3 is 4.74 Å². The Morgan fingerprint density at radius 1 is 1.33 bits per heavy atom. The third-order valence-electron chi connectivity index (χ3n) is 5.29. The van der Waals surface area contributed by atoms with Crippen LogP contribution in [0.25, 0.3) is 21.3 Å². The number of Topliss-reactive ketones (excluding diaryl/α,β-unsaturated/α-hetero) is 1. The number of ketones is 1. The highest BCUT2D eigenvalue weighted by atomic mass is 32.1. The Morgan fingerprint density at radius 3 is 3.00 bits per heavy atom. The predicted octanol–water partition coefficient (Wildman–Crippen LogP) is 2.65. The molecule has 2 atom stereocenters. The van der Waals surface area contributed by atoms with Crippen molar-refractivity contribution < 1.29 is 9.53 Å². The fourth-order valence-electron chi connectivity index (χ4n) is 3.93. The van der Waals surface area contributed by atoms with Crippen LogP contribution in [0.1, 0.15) is 17.3 Å². The molecule has 0 saturated carbocycles. The van der Waals surface area contributed by atoms with Crippen molar-refractivity contribution >= 4 is 28.0 Å². The number of hydrogen-bond donors (Lipinski definition) is 0. The topological polar surface area (TPSA) is 68.2 Å². The largest absolute Gasteiger partial charge is 0.375 e. The van der Waals surface area contributed by atoms with Gasteiger partial charge in [-0.25, -0.2) is 15.0 Å². The van der Waals surface area contributed by atoms with Crippen LogP contribution >= 0.6 is 11.3 Å². The molecule has 6 nitrogen and oxygen atoms in total. The summed E-state index contributed by atoms with van der Waals surface area (Å²) in [4.78, 5) is 29.2. The van der Waals surface area contributed by atoms with E-state index in [-0.39, 0.29) is 12.2 Å². The average Bonchev–Trinajstić information content (AvgIpc) is 3.38. The molecule has 2 aliphatic rings. The lowest BCUT2D eigenvalue weighted by Crippen LogP contribution is -2.40. The minimum Gasteiger partial charge on any atom is -0.375 e. The van der Waals surface area contributed by atoms with E-state index < -0.39 is 0 Å². The van der Waals surface area contributed by atoms with Crippen LogP contribution in [-0.4, -0.2) is 57.5 Å². The summed E-state index contributed by atoms with van der Waals surface area (Å²) in [6, 6.07) is 6.54. The van der Waals surface area contributed by atoms with Gasteiger partial charge in [-0.05, 0) is 25.0 Å². The van der Waals surface area contributed by atoms with Gasteiger partial charge >= 0.3 is 0 Å². The van der Waals surface area contributed by atoms with Gasteiger partial charge in [0.2, 0.25) is 0 Å². The molecule has 2 saturated heterocycles. The van der Waals surface area contributed by atoms with Crippen molar-refractivity contribution in [3.8, 4) is 10.4 Å². The zero-order chi connectivity index (χ0) is 18.4. The summed E-state index contributed by atoms with van der Waals surface area (Å²) in [7, 11) is 0. The first-order valence-corrected chi connectivity index (χ1v) is 10.0. The Balaban J connectivity index is 1.33. The normalized spacial score (nSPS) is 22.0. The van der Waals surface area contributed by atoms with Gasteiger partial charge in [-0.15, -0.1) is 11.3 Å². The number of hydrogen-bond acceptors (Lipinski definition) is 7. The van der Waals surface area contributed by atoms with Gasteiger partial charge in [-0.1, -0.05) is 12.1 Å². The molecular formula is C20H20N4O2S. The minimum absolute atomic E-state index is 0.163. The maximum absolute atomic E-state index is 12.5. The number of nitrogens with zero attached hydrogens (tertiary/aromatic N) is 4. The minimum atomic E-state index is 0.163. The van der Waals surface area contributed by atoms with Gasteiger partial charge in [0.25, 0.3) is 0 Å². The molecule has 7 heteroatoms. The van der Waals surface area contributed by atoms with Gasteiger partial charge in [0.05, 0.1) is 41.1 Å². The van der Waals surface area contributed by atoms with Crippen LogP contribution in [0.5, 0.6) is 0 Å². The Hall–Kier alpha value is -2.22. The highest BCUT2D eigenvalue weighted by Gasteiger charge is 2.39. The molecule has 0 aliphatic carbocycles. The fourth-order valence-corrected chi connectivity index (χ4v) is 4.70. The molecule has 0 amide bonds. The van der Waals surface area contributed by atoms with Crippen LogP contribution in [0, 0.1) is 6.92 Å². The molecule has 5 rings (SSSR count). The van der Waals surface area contributed by atoms with Gasteiger partial charge in [0.1, 0.15) is 5.82 Å². The molecule has 2 fully saturated rings. The summed E-state index contributed by atoms with van der Waals surface area (Å²) >= 11 is 1.66. The highest BCUT2D eigenvalue weighted by molar-refractivity contribution is 7.15. The van der Waals surface area contributed by atoms with Crippen LogP contribution in [0.4, 0.5) is 0 Å². The third kappa shape index (κ3) is 3.38. The number of aromatic nitrogens is 3. The summed E-state index contributed by atoms with van der Waals surface area (Å²) in [5.41, 5.74) is 1.96. The molecule has 0 unspecified atom stereocenters. The smallest absolute Gasteiger partial charge is 0.154 e.